The SMILES string of the molecule is CC(CN1CCN(CC(F)F)CC1)C(=O)O. The lowest BCUT2D eigenvalue weighted by Crippen LogP contribution is -2.49. The minimum atomic E-state index is -2.29. The van der Waals surface area contributed by atoms with Crippen molar-refractivity contribution in [3.05, 3.63) is 0 Å². The zero-order valence-corrected chi connectivity index (χ0v) is 9.40. The molecule has 94 valence electrons. The smallest absolute Gasteiger partial charge is 0.307 e. The van der Waals surface area contributed by atoms with Crippen LogP contribution in [0.2, 0.25) is 0 Å². The van der Waals surface area contributed by atoms with Crippen molar-refractivity contribution < 1.29 is 18.7 Å². The van der Waals surface area contributed by atoms with E-state index < -0.39 is 18.3 Å². The second kappa shape index (κ2) is 6.10. The lowest BCUT2D eigenvalue weighted by Gasteiger charge is -2.35. The van der Waals surface area contributed by atoms with E-state index in [1.165, 1.54) is 0 Å². The molecule has 0 aromatic rings. The highest BCUT2D eigenvalue weighted by atomic mass is 19.3. The summed E-state index contributed by atoms with van der Waals surface area (Å²) in [7, 11) is 0. The highest BCUT2D eigenvalue weighted by molar-refractivity contribution is 5.69. The fourth-order valence-corrected chi connectivity index (χ4v) is 1.82. The van der Waals surface area contributed by atoms with Crippen LogP contribution in [0.1, 0.15) is 6.92 Å². The Morgan fingerprint density at radius 2 is 1.62 bits per heavy atom. The van der Waals surface area contributed by atoms with E-state index in [9.17, 15) is 13.6 Å². The molecule has 16 heavy (non-hydrogen) atoms. The largest absolute Gasteiger partial charge is 0.481 e. The fourth-order valence-electron chi connectivity index (χ4n) is 1.82. The van der Waals surface area contributed by atoms with E-state index >= 15 is 0 Å². The van der Waals surface area contributed by atoms with Gasteiger partial charge in [0.25, 0.3) is 6.43 Å². The van der Waals surface area contributed by atoms with E-state index in [2.05, 4.69) is 0 Å². The van der Waals surface area contributed by atoms with E-state index in [0.717, 1.165) is 0 Å². The first-order valence-electron chi connectivity index (χ1n) is 5.44. The van der Waals surface area contributed by atoms with Gasteiger partial charge < -0.3 is 5.11 Å². The highest BCUT2D eigenvalue weighted by Crippen LogP contribution is 2.07. The number of piperazine rings is 1. The molecule has 1 rings (SSSR count). The summed E-state index contributed by atoms with van der Waals surface area (Å²) in [5, 5.41) is 8.75. The van der Waals surface area contributed by atoms with Crippen molar-refractivity contribution in [3.8, 4) is 0 Å². The topological polar surface area (TPSA) is 43.8 Å². The second-order valence-electron chi connectivity index (χ2n) is 4.23. The van der Waals surface area contributed by atoms with Gasteiger partial charge in [0, 0.05) is 32.7 Å². The van der Waals surface area contributed by atoms with Crippen LogP contribution in [0.5, 0.6) is 0 Å². The molecule has 1 aliphatic heterocycles. The minimum Gasteiger partial charge on any atom is -0.481 e. The molecule has 6 heteroatoms. The molecular weight excluding hydrogens is 218 g/mol. The number of carboxylic acids is 1. The molecule has 0 saturated carbocycles. The number of halogens is 2. The molecule has 0 aromatic heterocycles. The highest BCUT2D eigenvalue weighted by Gasteiger charge is 2.22. The van der Waals surface area contributed by atoms with Crippen LogP contribution in [0, 0.1) is 5.92 Å². The summed E-state index contributed by atoms with van der Waals surface area (Å²) in [5.74, 6) is -1.21. The zero-order valence-electron chi connectivity index (χ0n) is 9.40. The molecule has 0 aromatic carbocycles. The van der Waals surface area contributed by atoms with Gasteiger partial charge in [0.05, 0.1) is 12.5 Å². The summed E-state index contributed by atoms with van der Waals surface area (Å²) in [6.07, 6.45) is -2.29. The van der Waals surface area contributed by atoms with Crippen molar-refractivity contribution in [1.29, 1.82) is 0 Å². The summed E-state index contributed by atoms with van der Waals surface area (Å²) >= 11 is 0. The molecule has 0 aliphatic carbocycles. The van der Waals surface area contributed by atoms with E-state index in [1.54, 1.807) is 11.8 Å². The molecule has 4 nitrogen and oxygen atoms in total. The Kier molecular flexibility index (Phi) is 5.08. The third-order valence-electron chi connectivity index (χ3n) is 2.81. The molecule has 1 fully saturated rings. The van der Waals surface area contributed by atoms with E-state index in [4.69, 9.17) is 5.11 Å². The molecule has 0 amide bonds. The van der Waals surface area contributed by atoms with Gasteiger partial charge in [0.2, 0.25) is 0 Å². The van der Waals surface area contributed by atoms with Gasteiger partial charge in [-0.2, -0.15) is 0 Å². The predicted molar refractivity (Wildman–Crippen MR) is 55.7 cm³/mol. The Hall–Kier alpha value is -0.750. The third kappa shape index (κ3) is 4.40. The Labute approximate surface area is 93.8 Å². The summed E-state index contributed by atoms with van der Waals surface area (Å²) in [4.78, 5) is 14.4. The Morgan fingerprint density at radius 3 is 2.00 bits per heavy atom. The molecular formula is C10H18F2N2O2. The molecule has 1 unspecified atom stereocenters. The van der Waals surface area contributed by atoms with Gasteiger partial charge in [0.15, 0.2) is 0 Å². The Bertz CT molecular complexity index is 231. The number of rotatable bonds is 5. The van der Waals surface area contributed by atoms with Gasteiger partial charge in [-0.05, 0) is 0 Å². The quantitative estimate of drug-likeness (QED) is 0.758. The number of aliphatic carboxylic acids is 1. The summed E-state index contributed by atoms with van der Waals surface area (Å²) in [6.45, 7) is 4.51. The summed E-state index contributed by atoms with van der Waals surface area (Å²) < 4.78 is 24.2. The molecule has 1 saturated heterocycles. The van der Waals surface area contributed by atoms with Crippen LogP contribution < -0.4 is 0 Å². The second-order valence-corrected chi connectivity index (χ2v) is 4.23. The third-order valence-corrected chi connectivity index (χ3v) is 2.81. The first-order chi connectivity index (χ1) is 7.49. The van der Waals surface area contributed by atoms with Crippen molar-refractivity contribution in [3.63, 3.8) is 0 Å². The maximum Gasteiger partial charge on any atom is 0.307 e. The average molecular weight is 236 g/mol. The summed E-state index contributed by atoms with van der Waals surface area (Å²) in [6, 6.07) is 0. The fraction of sp³-hybridized carbons (Fsp3) is 0.900. The lowest BCUT2D eigenvalue weighted by atomic mass is 10.1. The number of hydrogen-bond acceptors (Lipinski definition) is 3. The van der Waals surface area contributed by atoms with Crippen LogP contribution in [0.3, 0.4) is 0 Å². The van der Waals surface area contributed by atoms with Crippen LogP contribution in [0.4, 0.5) is 8.78 Å². The number of carbonyl (C=O) groups is 1. The molecule has 1 aliphatic rings. The van der Waals surface area contributed by atoms with E-state index in [0.29, 0.717) is 32.7 Å². The lowest BCUT2D eigenvalue weighted by molar-refractivity contribution is -0.141. The van der Waals surface area contributed by atoms with Crippen LogP contribution in [-0.2, 0) is 4.79 Å². The first kappa shape index (κ1) is 13.3. The van der Waals surface area contributed by atoms with Crippen molar-refractivity contribution >= 4 is 5.97 Å². The monoisotopic (exact) mass is 236 g/mol. The maximum absolute atomic E-state index is 12.1. The number of nitrogens with zero attached hydrogens (tertiary/aromatic N) is 2. The molecule has 1 N–H and O–H groups in total. The Balaban J connectivity index is 2.24. The first-order valence-corrected chi connectivity index (χ1v) is 5.44. The van der Waals surface area contributed by atoms with Crippen molar-refractivity contribution in [2.24, 2.45) is 5.92 Å². The van der Waals surface area contributed by atoms with E-state index in [-0.39, 0.29) is 6.54 Å². The van der Waals surface area contributed by atoms with Crippen molar-refractivity contribution in [1.82, 2.24) is 9.80 Å². The maximum atomic E-state index is 12.1. The molecule has 1 heterocycles. The van der Waals surface area contributed by atoms with Gasteiger partial charge >= 0.3 is 5.97 Å². The van der Waals surface area contributed by atoms with Crippen molar-refractivity contribution in [2.75, 3.05) is 39.3 Å². The molecule has 0 bridgehead atoms. The van der Waals surface area contributed by atoms with Crippen LogP contribution in [-0.4, -0.2) is 66.6 Å². The normalized spacial score (nSPS) is 21.2. The van der Waals surface area contributed by atoms with E-state index in [1.807, 2.05) is 4.90 Å². The van der Waals surface area contributed by atoms with Crippen LogP contribution >= 0.6 is 0 Å². The Morgan fingerprint density at radius 1 is 1.19 bits per heavy atom. The van der Waals surface area contributed by atoms with Crippen LogP contribution in [0.15, 0.2) is 0 Å². The standard InChI is InChI=1S/C10H18F2N2O2/c1-8(10(15)16)6-13-2-4-14(5-3-13)7-9(11)12/h8-9H,2-7H2,1H3,(H,15,16). The van der Waals surface area contributed by atoms with Gasteiger partial charge in [-0.25, -0.2) is 8.78 Å². The van der Waals surface area contributed by atoms with Gasteiger partial charge in [0.1, 0.15) is 0 Å². The van der Waals surface area contributed by atoms with Gasteiger partial charge in [-0.15, -0.1) is 0 Å². The number of carboxylic acid groups (broad SMARTS) is 1. The van der Waals surface area contributed by atoms with Crippen molar-refractivity contribution in [2.45, 2.75) is 13.3 Å². The average Bonchev–Trinajstić information content (AvgIpc) is 2.20. The molecule has 0 spiro atoms. The molecule has 0 radical (unpaired) electrons. The van der Waals surface area contributed by atoms with Gasteiger partial charge in [-0.1, -0.05) is 6.92 Å². The van der Waals surface area contributed by atoms with Gasteiger partial charge in [-0.3, -0.25) is 14.6 Å². The zero-order chi connectivity index (χ0) is 12.1. The summed E-state index contributed by atoms with van der Waals surface area (Å²) in [5.41, 5.74) is 0. The minimum absolute atomic E-state index is 0.178. The number of hydrogen-bond donors (Lipinski definition) is 1. The molecule has 1 atom stereocenters. The number of alkyl halides is 2. The predicted octanol–water partition coefficient (Wildman–Crippen LogP) is 0.590. The van der Waals surface area contributed by atoms with Crippen LogP contribution in [0.25, 0.3) is 0 Å².